The molecular formula is C21H20FN3O3. The first-order chi connectivity index (χ1) is 13.5. The van der Waals surface area contributed by atoms with Crippen molar-refractivity contribution >= 4 is 22.7 Å². The summed E-state index contributed by atoms with van der Waals surface area (Å²) in [6.07, 6.45) is 0. The van der Waals surface area contributed by atoms with Gasteiger partial charge in [0.1, 0.15) is 23.3 Å². The first kappa shape index (κ1) is 18.0. The van der Waals surface area contributed by atoms with Crippen LogP contribution in [0.1, 0.15) is 27.7 Å². The number of hydrogen-bond acceptors (Lipinski definition) is 3. The lowest BCUT2D eigenvalue weighted by Crippen LogP contribution is -2.52. The molecule has 0 unspecified atom stereocenters. The summed E-state index contributed by atoms with van der Waals surface area (Å²) in [6.45, 7) is 2.60. The monoisotopic (exact) mass is 381 g/mol. The van der Waals surface area contributed by atoms with Crippen LogP contribution >= 0.6 is 0 Å². The summed E-state index contributed by atoms with van der Waals surface area (Å²) in [7, 11) is 1.59. The van der Waals surface area contributed by atoms with E-state index in [4.69, 9.17) is 4.74 Å². The SMILES string of the molecule is COc1ccc2[nH]c(C(=O)N3CCNC(=O)[C@@H]3c3ccc(F)cc3)c(C)c2c1. The summed E-state index contributed by atoms with van der Waals surface area (Å²) in [4.78, 5) is 30.6. The Balaban J connectivity index is 1.74. The van der Waals surface area contributed by atoms with E-state index in [1.165, 1.54) is 29.2 Å². The minimum absolute atomic E-state index is 0.267. The van der Waals surface area contributed by atoms with Crippen LogP contribution in [0.5, 0.6) is 5.75 Å². The normalized spacial score (nSPS) is 16.9. The van der Waals surface area contributed by atoms with E-state index in [-0.39, 0.29) is 11.8 Å². The molecule has 2 aromatic carbocycles. The van der Waals surface area contributed by atoms with E-state index in [0.717, 1.165) is 16.5 Å². The second kappa shape index (κ2) is 6.99. The third-order valence-corrected chi connectivity index (χ3v) is 5.14. The Hall–Kier alpha value is -3.35. The van der Waals surface area contributed by atoms with Crippen LogP contribution in [0.2, 0.25) is 0 Å². The molecule has 1 aromatic heterocycles. The van der Waals surface area contributed by atoms with Crippen molar-refractivity contribution in [2.75, 3.05) is 20.2 Å². The van der Waals surface area contributed by atoms with E-state index in [9.17, 15) is 14.0 Å². The molecule has 144 valence electrons. The Morgan fingerprint density at radius 1 is 1.21 bits per heavy atom. The van der Waals surface area contributed by atoms with Gasteiger partial charge in [-0.1, -0.05) is 12.1 Å². The van der Waals surface area contributed by atoms with Gasteiger partial charge in [0, 0.05) is 24.0 Å². The summed E-state index contributed by atoms with van der Waals surface area (Å²) >= 11 is 0. The lowest BCUT2D eigenvalue weighted by Gasteiger charge is -2.35. The maximum atomic E-state index is 13.4. The highest BCUT2D eigenvalue weighted by molar-refractivity contribution is 6.03. The number of aromatic amines is 1. The maximum absolute atomic E-state index is 13.4. The minimum Gasteiger partial charge on any atom is -0.497 e. The molecule has 1 saturated heterocycles. The smallest absolute Gasteiger partial charge is 0.271 e. The van der Waals surface area contributed by atoms with Crippen LogP contribution < -0.4 is 10.1 Å². The molecule has 6 nitrogen and oxygen atoms in total. The fourth-order valence-electron chi connectivity index (χ4n) is 3.65. The summed E-state index contributed by atoms with van der Waals surface area (Å²) in [5.41, 5.74) is 2.62. The number of ether oxygens (including phenoxy) is 1. The van der Waals surface area contributed by atoms with Crippen LogP contribution in [-0.4, -0.2) is 41.9 Å². The highest BCUT2D eigenvalue weighted by Gasteiger charge is 2.36. The van der Waals surface area contributed by atoms with E-state index in [1.54, 1.807) is 7.11 Å². The number of amides is 2. The van der Waals surface area contributed by atoms with Gasteiger partial charge in [0.15, 0.2) is 0 Å². The van der Waals surface area contributed by atoms with Crippen molar-refractivity contribution in [3.8, 4) is 5.75 Å². The lowest BCUT2D eigenvalue weighted by molar-refractivity contribution is -0.128. The van der Waals surface area contributed by atoms with Gasteiger partial charge >= 0.3 is 0 Å². The average Bonchev–Trinajstić information content (AvgIpc) is 3.04. The number of carbonyl (C=O) groups excluding carboxylic acids is 2. The molecule has 2 heterocycles. The topological polar surface area (TPSA) is 74.4 Å². The number of aromatic nitrogens is 1. The van der Waals surface area contributed by atoms with Crippen LogP contribution in [0, 0.1) is 12.7 Å². The van der Waals surface area contributed by atoms with Crippen LogP contribution in [0.25, 0.3) is 10.9 Å². The Bertz CT molecular complexity index is 1060. The summed E-state index contributed by atoms with van der Waals surface area (Å²) in [5, 5.41) is 3.68. The number of halogens is 1. The number of benzene rings is 2. The molecule has 0 radical (unpaired) electrons. The van der Waals surface area contributed by atoms with Crippen LogP contribution in [-0.2, 0) is 4.79 Å². The number of H-pyrrole nitrogens is 1. The van der Waals surface area contributed by atoms with Gasteiger partial charge in [0.25, 0.3) is 5.91 Å². The third kappa shape index (κ3) is 2.98. The molecule has 7 heteroatoms. The molecule has 1 aliphatic heterocycles. The molecular weight excluding hydrogens is 361 g/mol. The molecule has 28 heavy (non-hydrogen) atoms. The summed E-state index contributed by atoms with van der Waals surface area (Å²) < 4.78 is 18.6. The zero-order valence-corrected chi connectivity index (χ0v) is 15.6. The largest absolute Gasteiger partial charge is 0.497 e. The number of methoxy groups -OCH3 is 1. The predicted molar refractivity (Wildman–Crippen MR) is 103 cm³/mol. The highest BCUT2D eigenvalue weighted by Crippen LogP contribution is 2.30. The van der Waals surface area contributed by atoms with E-state index in [1.807, 2.05) is 25.1 Å². The number of piperazine rings is 1. The van der Waals surface area contributed by atoms with Gasteiger partial charge < -0.3 is 19.9 Å². The van der Waals surface area contributed by atoms with Crippen molar-refractivity contribution in [2.24, 2.45) is 0 Å². The summed E-state index contributed by atoms with van der Waals surface area (Å²) in [6, 6.07) is 10.4. The molecule has 1 aliphatic rings. The van der Waals surface area contributed by atoms with Crippen molar-refractivity contribution in [1.29, 1.82) is 0 Å². The molecule has 3 aromatic rings. The van der Waals surface area contributed by atoms with Gasteiger partial charge in [0.05, 0.1) is 7.11 Å². The number of nitrogens with zero attached hydrogens (tertiary/aromatic N) is 1. The standard InChI is InChI=1S/C21H20FN3O3/c1-12-16-11-15(28-2)7-8-17(16)24-18(12)21(27)25-10-9-23-20(26)19(25)13-3-5-14(22)6-4-13/h3-8,11,19,24H,9-10H2,1-2H3,(H,23,26)/t19-/m0/s1. The lowest BCUT2D eigenvalue weighted by atomic mass is 10.0. The number of nitrogens with one attached hydrogen (secondary N) is 2. The second-order valence-electron chi connectivity index (χ2n) is 6.78. The first-order valence-electron chi connectivity index (χ1n) is 9.00. The molecule has 0 saturated carbocycles. The van der Waals surface area contributed by atoms with Crippen molar-refractivity contribution in [3.63, 3.8) is 0 Å². The van der Waals surface area contributed by atoms with Gasteiger partial charge in [-0.05, 0) is 48.4 Å². The van der Waals surface area contributed by atoms with Gasteiger partial charge in [-0.15, -0.1) is 0 Å². The maximum Gasteiger partial charge on any atom is 0.271 e. The van der Waals surface area contributed by atoms with Gasteiger partial charge in [0.2, 0.25) is 5.91 Å². The number of hydrogen-bond donors (Lipinski definition) is 2. The predicted octanol–water partition coefficient (Wildman–Crippen LogP) is 2.94. The molecule has 4 rings (SSSR count). The van der Waals surface area contributed by atoms with Crippen molar-refractivity contribution in [3.05, 3.63) is 65.1 Å². The van der Waals surface area contributed by atoms with E-state index in [0.29, 0.717) is 30.1 Å². The van der Waals surface area contributed by atoms with E-state index < -0.39 is 11.9 Å². The highest BCUT2D eigenvalue weighted by atomic mass is 19.1. The van der Waals surface area contributed by atoms with Crippen molar-refractivity contribution < 1.29 is 18.7 Å². The zero-order chi connectivity index (χ0) is 19.8. The van der Waals surface area contributed by atoms with Crippen LogP contribution in [0.15, 0.2) is 42.5 Å². The quantitative estimate of drug-likeness (QED) is 0.733. The Kier molecular flexibility index (Phi) is 4.50. The molecule has 0 bridgehead atoms. The first-order valence-corrected chi connectivity index (χ1v) is 9.00. The third-order valence-electron chi connectivity index (χ3n) is 5.14. The van der Waals surface area contributed by atoms with Gasteiger partial charge in [-0.25, -0.2) is 4.39 Å². The molecule has 1 fully saturated rings. The van der Waals surface area contributed by atoms with E-state index in [2.05, 4.69) is 10.3 Å². The van der Waals surface area contributed by atoms with Gasteiger partial charge in [-0.3, -0.25) is 9.59 Å². The molecule has 1 atom stereocenters. The van der Waals surface area contributed by atoms with Crippen molar-refractivity contribution in [1.82, 2.24) is 15.2 Å². The fraction of sp³-hybridized carbons (Fsp3) is 0.238. The number of aryl methyl sites for hydroxylation is 1. The van der Waals surface area contributed by atoms with Gasteiger partial charge in [-0.2, -0.15) is 0 Å². The molecule has 2 N–H and O–H groups in total. The number of carbonyl (C=O) groups is 2. The Morgan fingerprint density at radius 3 is 2.68 bits per heavy atom. The Labute approximate surface area is 161 Å². The van der Waals surface area contributed by atoms with Crippen LogP contribution in [0.4, 0.5) is 4.39 Å². The molecule has 2 amide bonds. The summed E-state index contributed by atoms with van der Waals surface area (Å²) in [5.74, 6) is -0.230. The Morgan fingerprint density at radius 2 is 1.96 bits per heavy atom. The van der Waals surface area contributed by atoms with Crippen molar-refractivity contribution in [2.45, 2.75) is 13.0 Å². The zero-order valence-electron chi connectivity index (χ0n) is 15.6. The molecule has 0 spiro atoms. The minimum atomic E-state index is -0.804. The average molecular weight is 381 g/mol. The number of rotatable bonds is 3. The molecule has 0 aliphatic carbocycles. The van der Waals surface area contributed by atoms with Crippen LogP contribution in [0.3, 0.4) is 0 Å². The second-order valence-corrected chi connectivity index (χ2v) is 6.78. The number of fused-ring (bicyclic) bond motifs is 1. The van der Waals surface area contributed by atoms with E-state index >= 15 is 0 Å². The fourth-order valence-corrected chi connectivity index (χ4v) is 3.65.